The monoisotopic (exact) mass is 142 g/mol. The van der Waals surface area contributed by atoms with Gasteiger partial charge >= 0.3 is 35.5 Å². The number of carboxylic acid groups (broad SMARTS) is 1. The van der Waals surface area contributed by atoms with Crippen molar-refractivity contribution in [3.05, 3.63) is 0 Å². The Kier molecular flexibility index (Phi) is 10.3. The summed E-state index contributed by atoms with van der Waals surface area (Å²) >= 11 is 0. The predicted octanol–water partition coefficient (Wildman–Crippen LogP) is -3.25. The predicted molar refractivity (Wildman–Crippen MR) is 25.4 cm³/mol. The Labute approximate surface area is 76.0 Å². The summed E-state index contributed by atoms with van der Waals surface area (Å²) in [4.78, 5) is 19.0. The number of aliphatic carboxylic acids is 1. The molecular weight excluding hydrogens is 135 g/mol. The Morgan fingerprint density at radius 3 is 2.67 bits per heavy atom. The second-order valence-corrected chi connectivity index (χ2v) is 1.11. The summed E-state index contributed by atoms with van der Waals surface area (Å²) in [6.45, 7) is 0.182. The van der Waals surface area contributed by atoms with Crippen molar-refractivity contribution in [2.45, 2.75) is 6.42 Å². The van der Waals surface area contributed by atoms with E-state index in [9.17, 15) is 9.59 Å². The molecule has 0 rings (SSSR count). The first-order chi connectivity index (χ1) is 3.77. The van der Waals surface area contributed by atoms with Gasteiger partial charge in [0.25, 0.3) is 6.47 Å². The quantitative estimate of drug-likeness (QED) is 0.254. The van der Waals surface area contributed by atoms with Crippen LogP contribution in [0, 0.1) is 0 Å². The summed E-state index contributed by atoms with van der Waals surface area (Å²) in [5.41, 5.74) is 0. The van der Waals surface area contributed by atoms with Crippen LogP contribution in [0.3, 0.4) is 0 Å². The molecule has 0 aliphatic heterocycles. The van der Waals surface area contributed by atoms with Crippen LogP contribution in [-0.2, 0) is 14.3 Å². The molecule has 0 aromatic carbocycles. The minimum atomic E-state index is -0.966. The number of hydrogen-bond acceptors (Lipinski definition) is 3. The largest absolute Gasteiger partial charge is 1.00 e. The van der Waals surface area contributed by atoms with E-state index in [1.165, 1.54) is 0 Å². The van der Waals surface area contributed by atoms with E-state index in [1.807, 2.05) is 0 Å². The van der Waals surface area contributed by atoms with Crippen LogP contribution in [0.25, 0.3) is 0 Å². The van der Waals surface area contributed by atoms with Gasteiger partial charge in [-0.25, -0.2) is 0 Å². The fraction of sp³-hybridized carbons (Fsp3) is 0.500. The molecule has 1 N–H and O–H groups in total. The molecule has 0 fully saturated rings. The zero-order chi connectivity index (χ0) is 6.41. The van der Waals surface area contributed by atoms with Gasteiger partial charge in [0.05, 0.1) is 6.42 Å². The number of rotatable bonds is 4. The molecule has 0 amide bonds. The van der Waals surface area contributed by atoms with Crippen LogP contribution in [0.5, 0.6) is 0 Å². The van der Waals surface area contributed by atoms with Crippen LogP contribution in [0.1, 0.15) is 7.85 Å². The number of hydrogen-bond donors (Lipinski definition) is 1. The van der Waals surface area contributed by atoms with Gasteiger partial charge in [0.2, 0.25) is 0 Å². The maximum atomic E-state index is 9.68. The van der Waals surface area contributed by atoms with Gasteiger partial charge in [-0.1, -0.05) is 0 Å². The topological polar surface area (TPSA) is 63.6 Å². The third-order valence-corrected chi connectivity index (χ3v) is 0.502. The molecule has 0 aromatic heterocycles. The summed E-state index contributed by atoms with van der Waals surface area (Å²) in [7, 11) is 0. The maximum absolute atomic E-state index is 9.68. The molecule has 5 heteroatoms. The van der Waals surface area contributed by atoms with Gasteiger partial charge < -0.3 is 11.3 Å². The third-order valence-electron chi connectivity index (χ3n) is 0.502. The Balaban J connectivity index is -0.000000245. The Morgan fingerprint density at radius 2 is 2.33 bits per heavy atom. The summed E-state index contributed by atoms with van der Waals surface area (Å²) in [5.74, 6) is -0.966. The van der Waals surface area contributed by atoms with Crippen molar-refractivity contribution in [1.82, 2.24) is 0 Å². The fourth-order valence-corrected chi connectivity index (χ4v) is 0.194. The molecule has 0 spiro atoms. The fourth-order valence-electron chi connectivity index (χ4n) is 0.194. The standard InChI is InChI=1S/C4H6O4.Na.H/c5-3-8-2-1-4(6)7;;/h3H,1-2H2,(H,6,7);;/q;+1;-1. The van der Waals surface area contributed by atoms with Gasteiger partial charge in [0.1, 0.15) is 6.61 Å². The Bertz CT molecular complexity index is 97.3. The van der Waals surface area contributed by atoms with E-state index in [4.69, 9.17) is 5.11 Å². The first kappa shape index (κ1) is 11.7. The van der Waals surface area contributed by atoms with Crippen LogP contribution >= 0.6 is 0 Å². The summed E-state index contributed by atoms with van der Waals surface area (Å²) < 4.78 is 4.08. The van der Waals surface area contributed by atoms with E-state index in [1.54, 1.807) is 0 Å². The number of carbonyl (C=O) groups excluding carboxylic acids is 1. The molecule has 0 aromatic rings. The van der Waals surface area contributed by atoms with Crippen molar-refractivity contribution >= 4 is 12.4 Å². The average Bonchev–Trinajstić information content (AvgIpc) is 1.66. The summed E-state index contributed by atoms with van der Waals surface area (Å²) in [6.07, 6.45) is -0.126. The molecule has 0 atom stereocenters. The number of carbonyl (C=O) groups is 2. The Morgan fingerprint density at radius 1 is 1.78 bits per heavy atom. The van der Waals surface area contributed by atoms with E-state index >= 15 is 0 Å². The molecule has 0 saturated carbocycles. The van der Waals surface area contributed by atoms with E-state index in [0.29, 0.717) is 0 Å². The molecule has 0 aliphatic rings. The molecule has 0 radical (unpaired) electrons. The molecule has 0 unspecified atom stereocenters. The number of carboxylic acids is 1. The van der Waals surface area contributed by atoms with E-state index < -0.39 is 5.97 Å². The van der Waals surface area contributed by atoms with Gasteiger partial charge in [-0.15, -0.1) is 0 Å². The average molecular weight is 142 g/mol. The molecule has 0 saturated heterocycles. The first-order valence-electron chi connectivity index (χ1n) is 2.04. The Hall–Kier alpha value is -0.0600. The van der Waals surface area contributed by atoms with Gasteiger partial charge in [0.15, 0.2) is 0 Å². The third kappa shape index (κ3) is 11.5. The van der Waals surface area contributed by atoms with E-state index in [-0.39, 0.29) is 50.5 Å². The van der Waals surface area contributed by atoms with Crippen LogP contribution < -0.4 is 29.6 Å². The van der Waals surface area contributed by atoms with Gasteiger partial charge in [0, 0.05) is 0 Å². The maximum Gasteiger partial charge on any atom is 1.00 e. The molecule has 9 heavy (non-hydrogen) atoms. The minimum Gasteiger partial charge on any atom is -1.00 e. The van der Waals surface area contributed by atoms with Crippen molar-refractivity contribution in [2.24, 2.45) is 0 Å². The number of ether oxygens (including phenoxy) is 1. The first-order valence-corrected chi connectivity index (χ1v) is 2.04. The van der Waals surface area contributed by atoms with E-state index in [2.05, 4.69) is 4.74 Å². The molecule has 0 heterocycles. The second-order valence-electron chi connectivity index (χ2n) is 1.11. The zero-order valence-electron chi connectivity index (χ0n) is 6.16. The molecule has 0 aliphatic carbocycles. The second kappa shape index (κ2) is 7.94. The van der Waals surface area contributed by atoms with Crippen LogP contribution in [0.4, 0.5) is 0 Å². The van der Waals surface area contributed by atoms with Crippen molar-refractivity contribution in [3.63, 3.8) is 0 Å². The van der Waals surface area contributed by atoms with E-state index in [0.717, 1.165) is 0 Å². The van der Waals surface area contributed by atoms with Crippen LogP contribution in [-0.4, -0.2) is 24.2 Å². The van der Waals surface area contributed by atoms with Crippen molar-refractivity contribution in [2.75, 3.05) is 6.61 Å². The van der Waals surface area contributed by atoms with Crippen molar-refractivity contribution in [3.8, 4) is 0 Å². The van der Waals surface area contributed by atoms with Gasteiger partial charge in [-0.3, -0.25) is 9.59 Å². The summed E-state index contributed by atoms with van der Waals surface area (Å²) in [6, 6.07) is 0. The molecule has 0 bridgehead atoms. The minimum absolute atomic E-state index is 0. The zero-order valence-corrected chi connectivity index (χ0v) is 7.16. The van der Waals surface area contributed by atoms with Crippen molar-refractivity contribution < 1.29 is 50.4 Å². The molecular formula is C4H7NaO4. The molecule has 4 nitrogen and oxygen atoms in total. The SMILES string of the molecule is O=COCCC(=O)O.[H-].[Na+]. The van der Waals surface area contributed by atoms with Gasteiger partial charge in [-0.2, -0.15) is 0 Å². The van der Waals surface area contributed by atoms with Crippen LogP contribution in [0.2, 0.25) is 0 Å². The van der Waals surface area contributed by atoms with Crippen molar-refractivity contribution in [1.29, 1.82) is 0 Å². The normalized spacial score (nSPS) is 7.11. The van der Waals surface area contributed by atoms with Gasteiger partial charge in [-0.05, 0) is 0 Å². The van der Waals surface area contributed by atoms with Crippen LogP contribution in [0.15, 0.2) is 0 Å². The summed E-state index contributed by atoms with van der Waals surface area (Å²) in [5, 5.41) is 7.94. The smallest absolute Gasteiger partial charge is 1.00 e. The molecule has 48 valence electrons.